The normalized spacial score (nSPS) is 13.4. The van der Waals surface area contributed by atoms with Crippen LogP contribution in [0.5, 0.6) is 11.5 Å². The molecule has 130 heavy (non-hydrogen) atoms. The van der Waals surface area contributed by atoms with Gasteiger partial charge in [-0.3, -0.25) is 0 Å². The van der Waals surface area contributed by atoms with Gasteiger partial charge < -0.3 is 9.47 Å². The monoisotopic (exact) mass is 1760 g/mol. The molecular weight excluding hydrogens is 1720 g/mol. The number of nitriles is 8. The SMILES string of the molecule is [C-]#[N+]C([N+]#[C-])=C1Cc2c(C#N)c3c(c(C#N)c2=C1c1cccc(F)c1)CC(=C(C#N)C#N)C=3c1cccc(F)c1.[C-]#[N+]C([N+]#[C-])=C1Cc2c(C(F)(F)F)c3c(c(C(F)(F)F)c2=C1c1cccc(F)c1)CC(=C(C#N)C#N)C=3c1cccc(F)c1.[C-]#[N+]C([N+]#[C-])=C1Cc2c(OC(F)(F)F)c3c(c(OC(F)(F)F)c2=C1c1cccc(F)c1)CC(=C(C#N)C#N)C=3c1cccc(F)c1. The van der Waals surface area contributed by atoms with Gasteiger partial charge in [-0.05, 0) is 202 Å². The van der Waals surface area contributed by atoms with Gasteiger partial charge in [-0.2, -0.15) is 97.5 Å². The lowest BCUT2D eigenvalue weighted by Crippen LogP contribution is -2.36. The number of benzene rings is 9. The number of fused-ring (bicyclic) bond motifs is 6. The van der Waals surface area contributed by atoms with Crippen LogP contribution in [-0.4, -0.2) is 12.7 Å². The molecule has 0 unspecified atom stereocenters. The van der Waals surface area contributed by atoms with E-state index in [4.69, 9.17) is 39.4 Å². The van der Waals surface area contributed by atoms with E-state index in [0.717, 1.165) is 84.9 Å². The fourth-order valence-corrected chi connectivity index (χ4v) is 17.0. The lowest BCUT2D eigenvalue weighted by molar-refractivity contribution is -0.277. The third kappa shape index (κ3) is 16.2. The van der Waals surface area contributed by atoms with Crippen molar-refractivity contribution >= 4 is 33.4 Å². The van der Waals surface area contributed by atoms with Crippen molar-refractivity contribution in [3.63, 3.8) is 0 Å². The van der Waals surface area contributed by atoms with Crippen molar-refractivity contribution in [1.82, 2.24) is 0 Å². The predicted octanol–water partition coefficient (Wildman–Crippen LogP) is 18.2. The summed E-state index contributed by atoms with van der Waals surface area (Å²) in [7, 11) is 0. The second-order valence-electron chi connectivity index (χ2n) is 28.3. The maximum absolute atomic E-state index is 15.2. The van der Waals surface area contributed by atoms with Gasteiger partial charge in [0, 0.05) is 57.7 Å². The summed E-state index contributed by atoms with van der Waals surface area (Å²) < 4.78 is 271. The van der Waals surface area contributed by atoms with E-state index in [9.17, 15) is 94.8 Å². The molecule has 0 aliphatic heterocycles. The number of halogens is 18. The molecule has 16 nitrogen and oxygen atoms in total. The van der Waals surface area contributed by atoms with Crippen molar-refractivity contribution in [3.8, 4) is 60.1 Å². The summed E-state index contributed by atoms with van der Waals surface area (Å²) >= 11 is 0. The van der Waals surface area contributed by atoms with Crippen LogP contribution in [0.25, 0.3) is 62.5 Å². The molecule has 0 fully saturated rings. The molecule has 9 aromatic rings. The van der Waals surface area contributed by atoms with E-state index in [-0.39, 0.29) is 79.9 Å². The van der Waals surface area contributed by atoms with Gasteiger partial charge in [0.1, 0.15) is 151 Å². The largest absolute Gasteiger partial charge is 0.573 e. The molecule has 0 spiro atoms. The first-order chi connectivity index (χ1) is 61.9. The Kier molecular flexibility index (Phi) is 24.0. The highest BCUT2D eigenvalue weighted by atomic mass is 19.4. The fourth-order valence-electron chi connectivity index (χ4n) is 17.0. The topological polar surface area (TPSA) is 235 Å². The predicted molar refractivity (Wildman–Crippen MR) is 421 cm³/mol. The van der Waals surface area contributed by atoms with Crippen molar-refractivity contribution in [2.75, 3.05) is 0 Å². The third-order valence-corrected chi connectivity index (χ3v) is 21.4. The second kappa shape index (κ2) is 34.9. The zero-order chi connectivity index (χ0) is 94.2. The highest BCUT2D eigenvalue weighted by molar-refractivity contribution is 5.96. The first-order valence-electron chi connectivity index (χ1n) is 36.9. The molecule has 0 radical (unpaired) electrons. The van der Waals surface area contributed by atoms with Crippen molar-refractivity contribution in [2.24, 2.45) is 0 Å². The second-order valence-corrected chi connectivity index (χ2v) is 28.3. The van der Waals surface area contributed by atoms with Gasteiger partial charge in [-0.1, -0.05) is 72.8 Å². The summed E-state index contributed by atoms with van der Waals surface area (Å²) in [5.74, 6) is -8.76. The fraction of sp³-hybridized carbons (Fsp3) is 0.104. The Hall–Kier alpha value is -18.2. The average Bonchev–Trinajstić information content (AvgIpc) is 1.55. The van der Waals surface area contributed by atoms with Crippen LogP contribution in [0.1, 0.15) is 89.0 Å². The van der Waals surface area contributed by atoms with Crippen LogP contribution >= 0.6 is 0 Å². The number of ether oxygens (including phenoxy) is 2. The maximum Gasteiger partial charge on any atom is 0.573 e. The van der Waals surface area contributed by atoms with Gasteiger partial charge in [0.2, 0.25) is 0 Å². The lowest BCUT2D eigenvalue weighted by atomic mass is 9.91. The molecule has 34 heteroatoms. The molecule has 0 saturated heterocycles. The molecule has 0 heterocycles. The highest BCUT2D eigenvalue weighted by Gasteiger charge is 2.50. The summed E-state index contributed by atoms with van der Waals surface area (Å²) in [6.45, 7) is 44.9. The van der Waals surface area contributed by atoms with Gasteiger partial charge in [0.25, 0.3) is 0 Å². The van der Waals surface area contributed by atoms with Crippen molar-refractivity contribution in [1.29, 1.82) is 42.1 Å². The number of rotatable bonds is 8. The average molecular weight is 1760 g/mol. The molecule has 9 aromatic carbocycles. The molecule has 0 bridgehead atoms. The molecule has 6 aliphatic carbocycles. The van der Waals surface area contributed by atoms with Gasteiger partial charge in [0.15, 0.2) is 0 Å². The van der Waals surface area contributed by atoms with Crippen LogP contribution in [0, 0.1) is 165 Å². The van der Waals surface area contributed by atoms with Crippen LogP contribution in [0.2, 0.25) is 0 Å². The van der Waals surface area contributed by atoms with Gasteiger partial charge >= 0.3 is 42.5 Å². The molecule has 6 aliphatic rings. The number of hydrogen-bond acceptors (Lipinski definition) is 10. The quantitative estimate of drug-likeness (QED) is 0.0792. The lowest BCUT2D eigenvalue weighted by Gasteiger charge is -2.19. The minimum absolute atomic E-state index is 0.0506. The Morgan fingerprint density at radius 1 is 0.277 bits per heavy atom. The summed E-state index contributed by atoms with van der Waals surface area (Å²) in [5, 5.41) is 76.2. The van der Waals surface area contributed by atoms with E-state index in [2.05, 4.69) is 50.7 Å². The van der Waals surface area contributed by atoms with E-state index < -0.39 is 208 Å². The highest BCUT2D eigenvalue weighted by Crippen LogP contribution is 2.49. The first kappa shape index (κ1) is 89.6. The maximum atomic E-state index is 15.2. The standard InChI is InChI=1S/C32H12F8N4O2.C32H12F8N4.C32H12F2N6/c1-43-30(44-2)23-12-22-27(25(23)16-6-4-8-19(34)10-16)28(45-31(35,36)37)21-11-20(17(13-41)14-42)24(15-5-3-7-18(33)9-15)26(21)29(22)46-32(38,39)40;1-43-30(44-2)23-12-22-27(25(23)16-6-4-8-19(34)10-16)28(31(35,36)37)21-11-20(17(13-41)14-42)24(15-5-3-7-18(33)9-15)26(21)29(22)32(38,39)40;1-39-32(40-2)25-12-24-27(16-38)30-23(26(15-37)31(24)29(25)18-6-4-8-21(34)10-18)11-22(19(13-35)14-36)28(30)17-5-3-7-20(33)9-17/h3-10H,11-12H2;3-10H,11-12H2;3-10H,11-12H2. The Labute approximate surface area is 721 Å². The molecular formula is C96H36F18N14O2. The Morgan fingerprint density at radius 3 is 0.723 bits per heavy atom. The summed E-state index contributed by atoms with van der Waals surface area (Å²) in [5.41, 5.74) is -9.63. The van der Waals surface area contributed by atoms with Crippen molar-refractivity contribution in [2.45, 2.75) is 63.6 Å². The summed E-state index contributed by atoms with van der Waals surface area (Å²) in [4.78, 5) is 19.0. The van der Waals surface area contributed by atoms with Crippen molar-refractivity contribution in [3.05, 3.63) is 437 Å². The first-order valence-corrected chi connectivity index (χ1v) is 36.9. The molecule has 0 N–H and O–H groups in total. The minimum Gasteiger partial charge on any atom is -0.405 e. The van der Waals surface area contributed by atoms with E-state index >= 15 is 26.3 Å². The van der Waals surface area contributed by atoms with Crippen LogP contribution < -0.4 is 40.8 Å². The summed E-state index contributed by atoms with van der Waals surface area (Å²) in [6.07, 6.45) is -25.2. The van der Waals surface area contributed by atoms with E-state index in [1.54, 1.807) is 24.3 Å². The minimum atomic E-state index is -5.48. The van der Waals surface area contributed by atoms with E-state index in [0.29, 0.717) is 43.8 Å². The number of allylic oxidation sites excluding steroid dienone is 9. The molecule has 0 amide bonds. The molecule has 0 saturated carbocycles. The summed E-state index contributed by atoms with van der Waals surface area (Å²) in [6, 6.07) is 41.8. The Balaban J connectivity index is 0.000000167. The molecule has 15 rings (SSSR count). The van der Waals surface area contributed by atoms with Crippen LogP contribution in [-0.2, 0) is 50.9 Å². The van der Waals surface area contributed by atoms with Crippen LogP contribution in [0.4, 0.5) is 79.0 Å². The van der Waals surface area contributed by atoms with Gasteiger partial charge in [-0.15, -0.1) is 26.3 Å². The number of nitrogens with zero attached hydrogens (tertiary/aromatic N) is 14. The number of alkyl halides is 12. The molecule has 0 atom stereocenters. The zero-order valence-corrected chi connectivity index (χ0v) is 65.0. The van der Waals surface area contributed by atoms with E-state index in [1.807, 2.05) is 12.1 Å². The van der Waals surface area contributed by atoms with Crippen molar-refractivity contribution < 1.29 is 88.5 Å². The smallest absolute Gasteiger partial charge is 0.405 e. The Morgan fingerprint density at radius 2 is 0.485 bits per heavy atom. The van der Waals surface area contributed by atoms with Crippen LogP contribution in [0.15, 0.2) is 213 Å². The van der Waals surface area contributed by atoms with E-state index in [1.165, 1.54) is 60.7 Å². The zero-order valence-electron chi connectivity index (χ0n) is 65.0. The number of hydrogen-bond donors (Lipinski definition) is 0. The molecule has 0 aromatic heterocycles. The molecule has 628 valence electrons. The third-order valence-electron chi connectivity index (χ3n) is 21.4. The van der Waals surface area contributed by atoms with Crippen LogP contribution in [0.3, 0.4) is 0 Å². The Bertz CT molecular complexity index is 7430. The van der Waals surface area contributed by atoms with Gasteiger partial charge in [-0.25, -0.2) is 26.3 Å². The van der Waals surface area contributed by atoms with Gasteiger partial charge in [0.05, 0.1) is 39.0 Å².